The molecule has 1 aromatic carbocycles. The number of hydrogen-bond donors (Lipinski definition) is 2. The van der Waals surface area contributed by atoms with Crippen molar-refractivity contribution in [3.63, 3.8) is 0 Å². The van der Waals surface area contributed by atoms with Crippen molar-refractivity contribution in [3.8, 4) is 0 Å². The number of aryl methyl sites for hydroxylation is 1. The molecule has 0 aliphatic heterocycles. The monoisotopic (exact) mass is 257 g/mol. The van der Waals surface area contributed by atoms with Gasteiger partial charge in [0.1, 0.15) is 0 Å². The van der Waals surface area contributed by atoms with E-state index in [1.165, 1.54) is 11.1 Å². The van der Waals surface area contributed by atoms with Crippen LogP contribution in [-0.4, -0.2) is 17.8 Å². The number of nitrogens with one attached hydrogen (secondary N) is 1. The summed E-state index contributed by atoms with van der Waals surface area (Å²) in [5, 5.41) is 12.1. The van der Waals surface area contributed by atoms with Crippen molar-refractivity contribution in [2.24, 2.45) is 0 Å². The summed E-state index contributed by atoms with van der Waals surface area (Å²) in [7, 11) is 0. The molecule has 0 bridgehead atoms. The van der Waals surface area contributed by atoms with E-state index < -0.39 is 0 Å². The fourth-order valence-electron chi connectivity index (χ4n) is 1.27. The molecule has 0 aliphatic rings. The number of aliphatic hydroxyl groups is 1. The standard InChI is InChI=1S/C11H16BrNO/c1-8-3-10(5-11(12)4-8)6-13-9(2)7-14/h3-5,9,13-14H,6-7H2,1-2H3. The summed E-state index contributed by atoms with van der Waals surface area (Å²) in [4.78, 5) is 0. The molecule has 0 aliphatic carbocycles. The lowest BCUT2D eigenvalue weighted by Crippen LogP contribution is -2.28. The van der Waals surface area contributed by atoms with Crippen LogP contribution in [0.3, 0.4) is 0 Å². The predicted octanol–water partition coefficient (Wildman–Crippen LogP) is 2.23. The van der Waals surface area contributed by atoms with E-state index in [-0.39, 0.29) is 12.6 Å². The van der Waals surface area contributed by atoms with Gasteiger partial charge in [0.2, 0.25) is 0 Å². The molecule has 0 spiro atoms. The molecule has 0 heterocycles. The number of benzene rings is 1. The lowest BCUT2D eigenvalue weighted by molar-refractivity contribution is 0.251. The fourth-order valence-corrected chi connectivity index (χ4v) is 1.93. The summed E-state index contributed by atoms with van der Waals surface area (Å²) in [6.45, 7) is 5.00. The first-order valence-electron chi connectivity index (χ1n) is 4.72. The summed E-state index contributed by atoms with van der Waals surface area (Å²) >= 11 is 3.46. The first kappa shape index (κ1) is 11.7. The van der Waals surface area contributed by atoms with Crippen LogP contribution >= 0.6 is 15.9 Å². The summed E-state index contributed by atoms with van der Waals surface area (Å²) in [6.07, 6.45) is 0. The second kappa shape index (κ2) is 5.49. The van der Waals surface area contributed by atoms with Crippen molar-refractivity contribution in [3.05, 3.63) is 33.8 Å². The van der Waals surface area contributed by atoms with Crippen LogP contribution in [-0.2, 0) is 6.54 Å². The van der Waals surface area contributed by atoms with Gasteiger partial charge in [-0.3, -0.25) is 0 Å². The minimum absolute atomic E-state index is 0.147. The van der Waals surface area contributed by atoms with Crippen LogP contribution in [0, 0.1) is 6.92 Å². The van der Waals surface area contributed by atoms with E-state index in [0.717, 1.165) is 11.0 Å². The van der Waals surface area contributed by atoms with Gasteiger partial charge >= 0.3 is 0 Å². The Morgan fingerprint density at radius 3 is 2.71 bits per heavy atom. The highest BCUT2D eigenvalue weighted by Crippen LogP contribution is 2.15. The minimum atomic E-state index is 0.147. The van der Waals surface area contributed by atoms with Crippen LogP contribution in [0.4, 0.5) is 0 Å². The molecule has 0 radical (unpaired) electrons. The van der Waals surface area contributed by atoms with Crippen LogP contribution in [0.1, 0.15) is 18.1 Å². The zero-order valence-electron chi connectivity index (χ0n) is 8.55. The zero-order chi connectivity index (χ0) is 10.6. The van der Waals surface area contributed by atoms with Gasteiger partial charge in [0.25, 0.3) is 0 Å². The van der Waals surface area contributed by atoms with Crippen molar-refractivity contribution in [1.29, 1.82) is 0 Å². The zero-order valence-corrected chi connectivity index (χ0v) is 10.1. The maximum absolute atomic E-state index is 8.85. The first-order valence-corrected chi connectivity index (χ1v) is 5.51. The summed E-state index contributed by atoms with van der Waals surface area (Å²) in [5.41, 5.74) is 2.48. The third-order valence-electron chi connectivity index (χ3n) is 2.03. The molecule has 0 fully saturated rings. The molecule has 2 N–H and O–H groups in total. The van der Waals surface area contributed by atoms with Gasteiger partial charge in [-0.1, -0.05) is 22.0 Å². The second-order valence-corrected chi connectivity index (χ2v) is 4.52. The molecule has 1 aromatic rings. The number of aliphatic hydroxyl groups excluding tert-OH is 1. The van der Waals surface area contributed by atoms with E-state index in [2.05, 4.69) is 46.4 Å². The van der Waals surface area contributed by atoms with E-state index in [1.807, 2.05) is 6.92 Å². The van der Waals surface area contributed by atoms with Gasteiger partial charge in [-0.15, -0.1) is 0 Å². The van der Waals surface area contributed by atoms with Crippen LogP contribution in [0.2, 0.25) is 0 Å². The largest absolute Gasteiger partial charge is 0.395 e. The average Bonchev–Trinajstić information content (AvgIpc) is 2.12. The Balaban J connectivity index is 2.58. The van der Waals surface area contributed by atoms with Crippen LogP contribution < -0.4 is 5.32 Å². The van der Waals surface area contributed by atoms with Crippen LogP contribution in [0.15, 0.2) is 22.7 Å². The Morgan fingerprint density at radius 2 is 2.14 bits per heavy atom. The van der Waals surface area contributed by atoms with E-state index in [1.54, 1.807) is 0 Å². The van der Waals surface area contributed by atoms with E-state index >= 15 is 0 Å². The number of hydrogen-bond acceptors (Lipinski definition) is 2. The molecule has 1 rings (SSSR count). The summed E-state index contributed by atoms with van der Waals surface area (Å²) < 4.78 is 1.10. The van der Waals surface area contributed by atoms with E-state index in [4.69, 9.17) is 5.11 Å². The third kappa shape index (κ3) is 3.78. The molecule has 1 unspecified atom stereocenters. The summed E-state index contributed by atoms with van der Waals surface area (Å²) in [5.74, 6) is 0. The number of rotatable bonds is 4. The van der Waals surface area contributed by atoms with Gasteiger partial charge < -0.3 is 10.4 Å². The molecule has 3 heteroatoms. The molecule has 2 nitrogen and oxygen atoms in total. The molecular formula is C11H16BrNO. The van der Waals surface area contributed by atoms with Gasteiger partial charge in [-0.05, 0) is 37.1 Å². The Bertz CT molecular complexity index is 281. The highest BCUT2D eigenvalue weighted by molar-refractivity contribution is 9.10. The van der Waals surface area contributed by atoms with Crippen LogP contribution in [0.5, 0.6) is 0 Å². The molecule has 0 amide bonds. The minimum Gasteiger partial charge on any atom is -0.395 e. The van der Waals surface area contributed by atoms with E-state index in [9.17, 15) is 0 Å². The Hall–Kier alpha value is -0.380. The van der Waals surface area contributed by atoms with Crippen molar-refractivity contribution in [1.82, 2.24) is 5.32 Å². The number of halogens is 1. The third-order valence-corrected chi connectivity index (χ3v) is 2.49. The molecule has 14 heavy (non-hydrogen) atoms. The van der Waals surface area contributed by atoms with Crippen molar-refractivity contribution >= 4 is 15.9 Å². The van der Waals surface area contributed by atoms with Crippen molar-refractivity contribution < 1.29 is 5.11 Å². The lowest BCUT2D eigenvalue weighted by Gasteiger charge is -2.11. The molecule has 78 valence electrons. The van der Waals surface area contributed by atoms with Crippen molar-refractivity contribution in [2.75, 3.05) is 6.61 Å². The average molecular weight is 258 g/mol. The van der Waals surface area contributed by atoms with Crippen LogP contribution in [0.25, 0.3) is 0 Å². The van der Waals surface area contributed by atoms with Crippen molar-refractivity contribution in [2.45, 2.75) is 26.4 Å². The summed E-state index contributed by atoms with van der Waals surface area (Å²) in [6, 6.07) is 6.46. The van der Waals surface area contributed by atoms with Gasteiger partial charge in [0.05, 0.1) is 6.61 Å². The normalized spacial score (nSPS) is 12.9. The molecule has 0 aromatic heterocycles. The maximum Gasteiger partial charge on any atom is 0.0582 e. The molecule has 0 saturated carbocycles. The van der Waals surface area contributed by atoms with Gasteiger partial charge in [-0.2, -0.15) is 0 Å². The van der Waals surface area contributed by atoms with Gasteiger partial charge in [-0.25, -0.2) is 0 Å². The Kier molecular flexibility index (Phi) is 4.58. The fraction of sp³-hybridized carbons (Fsp3) is 0.455. The quantitative estimate of drug-likeness (QED) is 0.868. The smallest absolute Gasteiger partial charge is 0.0582 e. The van der Waals surface area contributed by atoms with Gasteiger partial charge in [0, 0.05) is 17.1 Å². The second-order valence-electron chi connectivity index (χ2n) is 3.60. The lowest BCUT2D eigenvalue weighted by atomic mass is 10.1. The van der Waals surface area contributed by atoms with Gasteiger partial charge in [0.15, 0.2) is 0 Å². The molecular weight excluding hydrogens is 242 g/mol. The topological polar surface area (TPSA) is 32.3 Å². The predicted molar refractivity (Wildman–Crippen MR) is 62.3 cm³/mol. The highest BCUT2D eigenvalue weighted by Gasteiger charge is 2.00. The Morgan fingerprint density at radius 1 is 1.43 bits per heavy atom. The Labute approximate surface area is 93.5 Å². The highest BCUT2D eigenvalue weighted by atomic mass is 79.9. The molecule has 1 atom stereocenters. The molecule has 0 saturated heterocycles. The van der Waals surface area contributed by atoms with E-state index in [0.29, 0.717) is 0 Å². The SMILES string of the molecule is Cc1cc(Br)cc(CNC(C)CO)c1. The maximum atomic E-state index is 8.85. The first-order chi connectivity index (χ1) is 6.61.